The Labute approximate surface area is 120 Å². The van der Waals surface area contributed by atoms with E-state index >= 15 is 0 Å². The third-order valence-corrected chi connectivity index (χ3v) is 4.25. The van der Waals surface area contributed by atoms with Crippen molar-refractivity contribution in [1.29, 1.82) is 0 Å². The maximum atomic E-state index is 11.9. The molecule has 0 bridgehead atoms. The van der Waals surface area contributed by atoms with Crippen LogP contribution in [0.3, 0.4) is 0 Å². The zero-order valence-corrected chi connectivity index (χ0v) is 12.2. The summed E-state index contributed by atoms with van der Waals surface area (Å²) in [4.78, 5) is 25.2. The van der Waals surface area contributed by atoms with Gasteiger partial charge in [-0.15, -0.1) is 0 Å². The molecule has 0 aromatic carbocycles. The first-order valence-electron chi connectivity index (χ1n) is 7.52. The lowest BCUT2D eigenvalue weighted by Gasteiger charge is -2.38. The van der Waals surface area contributed by atoms with E-state index in [9.17, 15) is 9.59 Å². The fourth-order valence-electron chi connectivity index (χ4n) is 2.83. The molecule has 2 aliphatic rings. The fourth-order valence-corrected chi connectivity index (χ4v) is 2.83. The lowest BCUT2D eigenvalue weighted by atomic mass is 9.75. The van der Waals surface area contributed by atoms with E-state index in [0.717, 1.165) is 32.1 Å². The number of rotatable bonds is 4. The summed E-state index contributed by atoms with van der Waals surface area (Å²) >= 11 is 0. The van der Waals surface area contributed by atoms with E-state index in [-0.39, 0.29) is 23.6 Å². The number of nitrogens with two attached hydrogens (primary N) is 1. The summed E-state index contributed by atoms with van der Waals surface area (Å²) in [5, 5.41) is 3.04. The van der Waals surface area contributed by atoms with Crippen LogP contribution in [0.2, 0.25) is 0 Å². The molecule has 1 saturated heterocycles. The van der Waals surface area contributed by atoms with E-state index in [1.807, 2.05) is 0 Å². The minimum atomic E-state index is -0.268. The van der Waals surface area contributed by atoms with Crippen molar-refractivity contribution in [1.82, 2.24) is 10.2 Å². The van der Waals surface area contributed by atoms with E-state index in [1.54, 1.807) is 11.8 Å². The van der Waals surface area contributed by atoms with Crippen molar-refractivity contribution in [2.45, 2.75) is 57.0 Å². The average Bonchev–Trinajstić information content (AvgIpc) is 2.38. The van der Waals surface area contributed by atoms with Crippen molar-refractivity contribution in [2.75, 3.05) is 19.7 Å². The Balaban J connectivity index is 1.68. The van der Waals surface area contributed by atoms with Crippen molar-refractivity contribution < 1.29 is 14.3 Å². The Kier molecular flexibility index (Phi) is 4.86. The van der Waals surface area contributed by atoms with Crippen molar-refractivity contribution >= 4 is 12.0 Å². The second-order valence-electron chi connectivity index (χ2n) is 5.92. The molecule has 0 spiro atoms. The third kappa shape index (κ3) is 3.85. The molecular formula is C14H25N3O3. The van der Waals surface area contributed by atoms with Crippen LogP contribution in [0, 0.1) is 0 Å². The number of carbonyl (C=O) groups excluding carboxylic acids is 2. The molecule has 0 radical (unpaired) electrons. The summed E-state index contributed by atoms with van der Waals surface area (Å²) in [6, 6.07) is 0.150. The highest BCUT2D eigenvalue weighted by Gasteiger charge is 2.35. The molecule has 3 N–H and O–H groups in total. The second-order valence-corrected chi connectivity index (χ2v) is 5.92. The Bertz CT molecular complexity index is 361. The fraction of sp³-hybridized carbons (Fsp3) is 0.857. The molecule has 0 unspecified atom stereocenters. The first-order valence-corrected chi connectivity index (χ1v) is 7.52. The summed E-state index contributed by atoms with van der Waals surface area (Å²) < 4.78 is 4.97. The predicted octanol–water partition coefficient (Wildman–Crippen LogP) is 0.995. The van der Waals surface area contributed by atoms with Gasteiger partial charge in [-0.2, -0.15) is 0 Å². The summed E-state index contributed by atoms with van der Waals surface area (Å²) in [6.07, 6.45) is 4.74. The van der Waals surface area contributed by atoms with Crippen LogP contribution < -0.4 is 11.1 Å². The van der Waals surface area contributed by atoms with Gasteiger partial charge in [-0.1, -0.05) is 0 Å². The predicted molar refractivity (Wildman–Crippen MR) is 75.1 cm³/mol. The van der Waals surface area contributed by atoms with E-state index in [1.165, 1.54) is 0 Å². The van der Waals surface area contributed by atoms with Gasteiger partial charge in [0, 0.05) is 31.1 Å². The van der Waals surface area contributed by atoms with Crippen LogP contribution >= 0.6 is 0 Å². The van der Waals surface area contributed by atoms with Crippen molar-refractivity contribution in [3.63, 3.8) is 0 Å². The largest absolute Gasteiger partial charge is 0.450 e. The molecule has 6 heteroatoms. The normalized spacial score (nSPS) is 22.0. The van der Waals surface area contributed by atoms with Gasteiger partial charge in [0.25, 0.3) is 0 Å². The number of hydrogen-bond donors (Lipinski definition) is 2. The van der Waals surface area contributed by atoms with Gasteiger partial charge < -0.3 is 20.7 Å². The van der Waals surface area contributed by atoms with Crippen LogP contribution in [0.25, 0.3) is 0 Å². The minimum absolute atomic E-state index is 0.0433. The van der Waals surface area contributed by atoms with Gasteiger partial charge in [0.05, 0.1) is 6.61 Å². The highest BCUT2D eigenvalue weighted by Crippen LogP contribution is 2.32. The van der Waals surface area contributed by atoms with Crippen LogP contribution in [0.4, 0.5) is 4.79 Å². The van der Waals surface area contributed by atoms with E-state index in [0.29, 0.717) is 26.1 Å². The molecule has 0 atom stereocenters. The molecule has 0 aromatic heterocycles. The van der Waals surface area contributed by atoms with Crippen molar-refractivity contribution in [3.05, 3.63) is 0 Å². The molecule has 1 heterocycles. The number of carbonyl (C=O) groups is 2. The standard InChI is InChI=1S/C14H25N3O3/c1-2-20-13(19)17-8-4-11(5-9-17)16-12(18)10-14(15)6-3-7-14/h11H,2-10,15H2,1H3,(H,16,18). The van der Waals surface area contributed by atoms with Crippen LogP contribution in [0.15, 0.2) is 0 Å². The summed E-state index contributed by atoms with van der Waals surface area (Å²) in [5.41, 5.74) is 5.81. The molecule has 2 rings (SSSR count). The molecule has 20 heavy (non-hydrogen) atoms. The van der Waals surface area contributed by atoms with Gasteiger partial charge in [-0.05, 0) is 39.0 Å². The Morgan fingerprint density at radius 1 is 1.35 bits per heavy atom. The maximum Gasteiger partial charge on any atom is 0.409 e. The second kappa shape index (κ2) is 6.43. The Hall–Kier alpha value is -1.30. The van der Waals surface area contributed by atoms with Gasteiger partial charge in [-0.3, -0.25) is 4.79 Å². The summed E-state index contributed by atoms with van der Waals surface area (Å²) in [7, 11) is 0. The molecule has 1 aliphatic heterocycles. The first-order chi connectivity index (χ1) is 9.52. The summed E-state index contributed by atoms with van der Waals surface area (Å²) in [6.45, 7) is 3.47. The van der Waals surface area contributed by atoms with Gasteiger partial charge in [-0.25, -0.2) is 4.79 Å². The molecule has 0 aromatic rings. The van der Waals surface area contributed by atoms with Crippen LogP contribution in [-0.2, 0) is 9.53 Å². The highest BCUT2D eigenvalue weighted by molar-refractivity contribution is 5.77. The SMILES string of the molecule is CCOC(=O)N1CCC(NC(=O)CC2(N)CCC2)CC1. The van der Waals surface area contributed by atoms with Gasteiger partial charge in [0.2, 0.25) is 5.91 Å². The van der Waals surface area contributed by atoms with Crippen molar-refractivity contribution in [2.24, 2.45) is 5.73 Å². The number of piperidine rings is 1. The van der Waals surface area contributed by atoms with Crippen LogP contribution in [0.1, 0.15) is 45.4 Å². The molecule has 2 fully saturated rings. The summed E-state index contributed by atoms with van der Waals surface area (Å²) in [5.74, 6) is 0.0433. The molecule has 2 amide bonds. The van der Waals surface area contributed by atoms with E-state index < -0.39 is 0 Å². The van der Waals surface area contributed by atoms with E-state index in [2.05, 4.69) is 5.32 Å². The topological polar surface area (TPSA) is 84.7 Å². The molecular weight excluding hydrogens is 258 g/mol. The molecule has 114 valence electrons. The number of nitrogens with one attached hydrogen (secondary N) is 1. The monoisotopic (exact) mass is 283 g/mol. The van der Waals surface area contributed by atoms with Gasteiger partial charge >= 0.3 is 6.09 Å². The quantitative estimate of drug-likeness (QED) is 0.806. The van der Waals surface area contributed by atoms with Gasteiger partial charge in [0.15, 0.2) is 0 Å². The van der Waals surface area contributed by atoms with Gasteiger partial charge in [0.1, 0.15) is 0 Å². The molecule has 1 aliphatic carbocycles. The number of likely N-dealkylation sites (tertiary alicyclic amines) is 1. The van der Waals surface area contributed by atoms with E-state index in [4.69, 9.17) is 10.5 Å². The Morgan fingerprint density at radius 3 is 2.50 bits per heavy atom. The molecule has 1 saturated carbocycles. The number of hydrogen-bond acceptors (Lipinski definition) is 4. The van der Waals surface area contributed by atoms with Crippen LogP contribution in [0.5, 0.6) is 0 Å². The highest BCUT2D eigenvalue weighted by atomic mass is 16.6. The lowest BCUT2D eigenvalue weighted by Crippen LogP contribution is -2.52. The number of ether oxygens (including phenoxy) is 1. The average molecular weight is 283 g/mol. The Morgan fingerprint density at radius 2 is 2.00 bits per heavy atom. The number of amides is 2. The first kappa shape index (κ1) is 15.1. The molecule has 6 nitrogen and oxygen atoms in total. The zero-order chi connectivity index (χ0) is 14.6. The lowest BCUT2D eigenvalue weighted by molar-refractivity contribution is -0.124. The number of nitrogens with zero attached hydrogens (tertiary/aromatic N) is 1. The maximum absolute atomic E-state index is 11.9. The third-order valence-electron chi connectivity index (χ3n) is 4.25. The van der Waals surface area contributed by atoms with Crippen LogP contribution in [-0.4, -0.2) is 48.2 Å². The van der Waals surface area contributed by atoms with Crippen molar-refractivity contribution in [3.8, 4) is 0 Å². The minimum Gasteiger partial charge on any atom is -0.450 e. The smallest absolute Gasteiger partial charge is 0.409 e. The zero-order valence-electron chi connectivity index (χ0n) is 12.2.